The molecule has 0 aromatic heterocycles. The van der Waals surface area contributed by atoms with Crippen LogP contribution < -0.4 is 26.7 Å². The highest BCUT2D eigenvalue weighted by molar-refractivity contribution is 6.46. The molecule has 19 heavy (non-hydrogen) atoms. The minimum absolute atomic E-state index is 0.0547. The van der Waals surface area contributed by atoms with Crippen molar-refractivity contribution < 1.29 is 19.9 Å². The number of carbonyl (C=O) groups is 1. The Morgan fingerprint density at radius 1 is 1.00 bits per heavy atom. The Bertz CT molecular complexity index is 223. The molecule has 0 saturated carbocycles. The van der Waals surface area contributed by atoms with Crippen LogP contribution >= 0.6 is 0 Å². The third kappa shape index (κ3) is 23.0. The molecule has 0 aromatic rings. The summed E-state index contributed by atoms with van der Waals surface area (Å²) in [6, 6.07) is 0. The second-order valence-electron chi connectivity index (χ2n) is 3.80. The lowest BCUT2D eigenvalue weighted by atomic mass is 9.89. The topological polar surface area (TPSA) is 152 Å². The first-order valence-electron chi connectivity index (χ1n) is 6.00. The molecule has 0 spiro atoms. The van der Waals surface area contributed by atoms with E-state index < -0.39 is 21.2 Å². The quantitative estimate of drug-likeness (QED) is 0.165. The molecule has 0 heterocycles. The fourth-order valence-corrected chi connectivity index (χ4v) is 0.771. The van der Waals surface area contributed by atoms with Crippen molar-refractivity contribution >= 4 is 27.1 Å². The molecular weight excluding hydrogens is 251 g/mol. The van der Waals surface area contributed by atoms with Gasteiger partial charge in [0.25, 0.3) is 0 Å². The molecule has 1 amide bonds. The maximum Gasteiger partial charge on any atom is 0.375 e. The number of nitrogens with two attached hydrogens (primary N) is 1. The minimum atomic E-state index is -0.699. The van der Waals surface area contributed by atoms with Crippen LogP contribution in [0.25, 0.3) is 0 Å². The highest BCUT2D eigenvalue weighted by Crippen LogP contribution is 1.68. The van der Waals surface area contributed by atoms with E-state index in [9.17, 15) is 4.79 Å². The van der Waals surface area contributed by atoms with Crippen LogP contribution in [0.3, 0.4) is 0 Å². The number of hydrogen-bond donors (Lipinski definition) is 8. The summed E-state index contributed by atoms with van der Waals surface area (Å²) in [5, 5.41) is 36.1. The number of rotatable bonds is 8. The lowest BCUT2D eigenvalue weighted by Crippen LogP contribution is -2.45. The Balaban J connectivity index is 0. The van der Waals surface area contributed by atoms with Crippen LogP contribution in [0.2, 0.25) is 20.5 Å². The van der Waals surface area contributed by atoms with Crippen LogP contribution in [0.5, 0.6) is 0 Å². The van der Waals surface area contributed by atoms with Crippen molar-refractivity contribution in [1.29, 1.82) is 0 Å². The van der Waals surface area contributed by atoms with Crippen LogP contribution in [0.1, 0.15) is 0 Å². The molecule has 0 saturated heterocycles. The number of nitrogens with one attached hydrogen (secondary N) is 4. The van der Waals surface area contributed by atoms with Gasteiger partial charge in [-0.1, -0.05) is 0 Å². The third-order valence-corrected chi connectivity index (χ3v) is 1.65. The van der Waals surface area contributed by atoms with Crippen LogP contribution in [0.4, 0.5) is 0 Å². The second kappa shape index (κ2) is 13.8. The van der Waals surface area contributed by atoms with Gasteiger partial charge in [-0.05, 0) is 20.5 Å². The Morgan fingerprint density at radius 2 is 1.47 bits per heavy atom. The van der Waals surface area contributed by atoms with Gasteiger partial charge in [-0.15, -0.1) is 0 Å². The maximum absolute atomic E-state index is 10.9. The molecule has 12 heteroatoms. The summed E-state index contributed by atoms with van der Waals surface area (Å²) in [6.45, 7) is 5.29. The summed E-state index contributed by atoms with van der Waals surface area (Å²) in [4.78, 5) is 10.9. The molecule has 0 fully saturated rings. The van der Waals surface area contributed by atoms with Gasteiger partial charge in [0.15, 0.2) is 0 Å². The van der Waals surface area contributed by atoms with Crippen molar-refractivity contribution in [2.45, 2.75) is 20.5 Å². The molecule has 0 bridgehead atoms. The monoisotopic (exact) mass is 275 g/mol. The van der Waals surface area contributed by atoms with Crippen LogP contribution in [-0.4, -0.2) is 62.0 Å². The van der Waals surface area contributed by atoms with Crippen LogP contribution in [-0.2, 0) is 4.79 Å². The first-order valence-corrected chi connectivity index (χ1v) is 6.00. The summed E-state index contributed by atoms with van der Waals surface area (Å²) in [6.07, 6.45) is 0. The highest BCUT2D eigenvalue weighted by Gasteiger charge is 2.06. The molecule has 0 aliphatic rings. The molecule has 9 nitrogen and oxygen atoms in total. The molecule has 0 rings (SSSR count). The van der Waals surface area contributed by atoms with Gasteiger partial charge in [-0.3, -0.25) is 4.79 Å². The lowest BCUT2D eigenvalue weighted by molar-refractivity contribution is -0.120. The standard InChI is InChI=1S/C5H15B2N3O3.C2H9BN2O/c1-6(12)9-3-5(11)8-4-10-7(2)13;1-3(6)5-2-4/h9-10,12-13H,3-4H2,1-2H3,(H,8,11);5-6H,2,4H2,1H3. The largest absolute Gasteiger partial charge is 0.437 e. The molecule has 0 atom stereocenters. The zero-order valence-corrected chi connectivity index (χ0v) is 11.7. The first kappa shape index (κ1) is 20.7. The highest BCUT2D eigenvalue weighted by atomic mass is 16.2. The first-order chi connectivity index (χ1) is 8.79. The molecular formula is C7H24B3N5O4. The predicted octanol–water partition coefficient (Wildman–Crippen LogP) is -3.94. The zero-order valence-electron chi connectivity index (χ0n) is 11.7. The molecule has 0 unspecified atom stereocenters. The Hall–Kier alpha value is -0.615. The van der Waals surface area contributed by atoms with Crippen molar-refractivity contribution in [2.24, 2.45) is 5.73 Å². The molecule has 9 N–H and O–H groups in total. The third-order valence-electron chi connectivity index (χ3n) is 1.65. The molecule has 110 valence electrons. The van der Waals surface area contributed by atoms with Gasteiger partial charge < -0.3 is 41.8 Å². The average Bonchev–Trinajstić information content (AvgIpc) is 2.26. The van der Waals surface area contributed by atoms with E-state index in [1.165, 1.54) is 6.82 Å². The Kier molecular flexibility index (Phi) is 15.0. The van der Waals surface area contributed by atoms with E-state index in [2.05, 4.69) is 21.0 Å². The van der Waals surface area contributed by atoms with Crippen molar-refractivity contribution in [2.75, 3.05) is 19.9 Å². The van der Waals surface area contributed by atoms with E-state index in [4.69, 9.17) is 20.8 Å². The van der Waals surface area contributed by atoms with E-state index in [0.29, 0.717) is 6.67 Å². The SMILES string of the molecule is CB(O)NCN.CB(O)NCNC(=O)CNB(C)O. The van der Waals surface area contributed by atoms with Gasteiger partial charge in [0.1, 0.15) is 0 Å². The van der Waals surface area contributed by atoms with Gasteiger partial charge in [0, 0.05) is 6.67 Å². The average molecular weight is 275 g/mol. The molecule has 0 aromatic carbocycles. The zero-order chi connectivity index (χ0) is 15.3. The minimum Gasteiger partial charge on any atom is -0.437 e. The molecule has 0 radical (unpaired) electrons. The van der Waals surface area contributed by atoms with E-state index in [1.54, 1.807) is 13.6 Å². The van der Waals surface area contributed by atoms with Crippen LogP contribution in [0, 0.1) is 0 Å². The van der Waals surface area contributed by atoms with Gasteiger partial charge in [0.2, 0.25) is 5.91 Å². The molecule has 0 aliphatic carbocycles. The smallest absolute Gasteiger partial charge is 0.375 e. The fraction of sp³-hybridized carbons (Fsp3) is 0.857. The van der Waals surface area contributed by atoms with Gasteiger partial charge in [-0.2, -0.15) is 0 Å². The summed E-state index contributed by atoms with van der Waals surface area (Å²) in [5.74, 6) is -0.242. The van der Waals surface area contributed by atoms with E-state index in [-0.39, 0.29) is 19.1 Å². The van der Waals surface area contributed by atoms with Crippen molar-refractivity contribution in [3.63, 3.8) is 0 Å². The second-order valence-corrected chi connectivity index (χ2v) is 3.80. The number of hydrogen-bond acceptors (Lipinski definition) is 8. The van der Waals surface area contributed by atoms with E-state index in [0.717, 1.165) is 0 Å². The van der Waals surface area contributed by atoms with Gasteiger partial charge >= 0.3 is 21.2 Å². The normalized spacial score (nSPS) is 9.21. The summed E-state index contributed by atoms with van der Waals surface area (Å²) < 4.78 is 0. The van der Waals surface area contributed by atoms with Crippen LogP contribution in [0.15, 0.2) is 0 Å². The fourth-order valence-electron chi connectivity index (χ4n) is 0.771. The van der Waals surface area contributed by atoms with Crippen molar-refractivity contribution in [3.05, 3.63) is 0 Å². The Labute approximate surface area is 115 Å². The van der Waals surface area contributed by atoms with E-state index in [1.807, 2.05) is 0 Å². The number of carbonyl (C=O) groups excluding carboxylic acids is 1. The lowest BCUT2D eigenvalue weighted by Gasteiger charge is -2.07. The predicted molar refractivity (Wildman–Crippen MR) is 77.8 cm³/mol. The van der Waals surface area contributed by atoms with Gasteiger partial charge in [-0.25, -0.2) is 0 Å². The van der Waals surface area contributed by atoms with Crippen molar-refractivity contribution in [1.82, 2.24) is 21.0 Å². The van der Waals surface area contributed by atoms with E-state index >= 15 is 0 Å². The molecule has 0 aliphatic heterocycles. The number of amides is 1. The van der Waals surface area contributed by atoms with Crippen molar-refractivity contribution in [3.8, 4) is 0 Å². The van der Waals surface area contributed by atoms with Gasteiger partial charge in [0.05, 0.1) is 13.2 Å². The maximum atomic E-state index is 10.9. The summed E-state index contributed by atoms with van der Waals surface area (Å²) in [7, 11) is -1.82. The summed E-state index contributed by atoms with van der Waals surface area (Å²) >= 11 is 0. The summed E-state index contributed by atoms with van der Waals surface area (Å²) in [5.41, 5.74) is 4.96. The Morgan fingerprint density at radius 3 is 1.79 bits per heavy atom.